The monoisotopic (exact) mass is 366 g/mol. The first-order valence-corrected chi connectivity index (χ1v) is 5.69. The molecule has 2 aromatic carbocycles. The van der Waals surface area contributed by atoms with Crippen LogP contribution in [0.5, 0.6) is 0 Å². The highest BCUT2D eigenvalue weighted by Crippen LogP contribution is 2.38. The Bertz CT molecular complexity index is 715. The first kappa shape index (κ1) is 18.0. The van der Waals surface area contributed by atoms with Crippen LogP contribution < -0.4 is 0 Å². The van der Waals surface area contributed by atoms with Crippen molar-refractivity contribution in [1.82, 2.24) is 0 Å². The molecule has 2 rings (SSSR count). The zero-order valence-electron chi connectivity index (χ0n) is 10.7. The van der Waals surface area contributed by atoms with Crippen molar-refractivity contribution in [3.05, 3.63) is 69.3 Å². The second-order valence-electron chi connectivity index (χ2n) is 4.33. The lowest BCUT2D eigenvalue weighted by atomic mass is 9.99. The number of hydrogen-bond donors (Lipinski definition) is 0. The van der Waals surface area contributed by atoms with E-state index in [0.717, 1.165) is 0 Å². The van der Waals surface area contributed by atoms with Gasteiger partial charge in [-0.3, -0.25) is 0 Å². The lowest BCUT2D eigenvalue weighted by Crippen LogP contribution is -2.15. The number of alkyl halides is 1. The molecule has 0 amide bonds. The van der Waals surface area contributed by atoms with E-state index in [4.69, 9.17) is 0 Å². The van der Waals surface area contributed by atoms with E-state index < -0.39 is 75.5 Å². The summed E-state index contributed by atoms with van der Waals surface area (Å²) in [5, 5.41) is 0. The molecule has 0 nitrogen and oxygen atoms in total. The summed E-state index contributed by atoms with van der Waals surface area (Å²) in [6.07, 6.45) is -3.86. The van der Waals surface area contributed by atoms with Crippen LogP contribution in [0.4, 0.5) is 48.3 Å². The van der Waals surface area contributed by atoms with Gasteiger partial charge in [-0.2, -0.15) is 0 Å². The topological polar surface area (TPSA) is 0 Å². The van der Waals surface area contributed by atoms with E-state index in [1.165, 1.54) is 0 Å². The third kappa shape index (κ3) is 2.38. The van der Waals surface area contributed by atoms with Crippen molar-refractivity contribution >= 4 is 0 Å². The molecule has 24 heavy (non-hydrogen) atoms. The summed E-state index contributed by atoms with van der Waals surface area (Å²) in [6.45, 7) is 0. The standard InChI is InChI=1S/C13HF11/c14-3(1-4(15)8(19)12(23)9(20)5(1)16)2-6(17)10(21)13(24)11(22)7(2)18/h3H. The molecule has 0 aromatic heterocycles. The van der Waals surface area contributed by atoms with Crippen LogP contribution in [-0.4, -0.2) is 0 Å². The van der Waals surface area contributed by atoms with Crippen LogP contribution in [0, 0.1) is 58.2 Å². The predicted molar refractivity (Wildman–Crippen MR) is 55.4 cm³/mol. The second-order valence-corrected chi connectivity index (χ2v) is 4.33. The quantitative estimate of drug-likeness (QED) is 0.393. The molecule has 130 valence electrons. The smallest absolute Gasteiger partial charge is 0.200 e. The Labute approximate surface area is 125 Å². The molecule has 0 atom stereocenters. The SMILES string of the molecule is Fc1c(F)c(F)c(C(F)c2c(F)c(F)c(F)c(F)c2F)c(F)c1F. The van der Waals surface area contributed by atoms with Gasteiger partial charge in [-0.15, -0.1) is 0 Å². The van der Waals surface area contributed by atoms with Gasteiger partial charge in [-0.05, 0) is 0 Å². The highest BCUT2D eigenvalue weighted by Gasteiger charge is 2.37. The summed E-state index contributed by atoms with van der Waals surface area (Å²) in [5.74, 6) is -27.3. The van der Waals surface area contributed by atoms with E-state index in [1.54, 1.807) is 0 Å². The molecule has 2 aromatic rings. The normalized spacial score (nSPS) is 11.5. The molecule has 0 aliphatic rings. The van der Waals surface area contributed by atoms with Gasteiger partial charge in [0.05, 0.1) is 11.1 Å². The summed E-state index contributed by atoms with van der Waals surface area (Å²) in [6, 6.07) is 0. The molecule has 0 bridgehead atoms. The molecule has 0 heterocycles. The predicted octanol–water partition coefficient (Wildman–Crippen LogP) is 5.14. The largest absolute Gasteiger partial charge is 0.237 e. The summed E-state index contributed by atoms with van der Waals surface area (Å²) in [7, 11) is 0. The average Bonchev–Trinajstić information content (AvgIpc) is 2.55. The van der Waals surface area contributed by atoms with E-state index in [0.29, 0.717) is 0 Å². The van der Waals surface area contributed by atoms with Gasteiger partial charge < -0.3 is 0 Å². The summed E-state index contributed by atoms with van der Waals surface area (Å²) >= 11 is 0. The van der Waals surface area contributed by atoms with E-state index in [9.17, 15) is 48.3 Å². The van der Waals surface area contributed by atoms with E-state index in [-0.39, 0.29) is 0 Å². The lowest BCUT2D eigenvalue weighted by molar-refractivity contribution is 0.299. The van der Waals surface area contributed by atoms with Crippen molar-refractivity contribution in [2.75, 3.05) is 0 Å². The maximum Gasteiger partial charge on any atom is 0.200 e. The molecular formula is C13HF11. The van der Waals surface area contributed by atoms with Crippen LogP contribution in [0.15, 0.2) is 0 Å². The zero-order valence-corrected chi connectivity index (χ0v) is 10.7. The minimum atomic E-state index is -3.86. The molecule has 11 heteroatoms. The number of halogens is 11. The fourth-order valence-corrected chi connectivity index (χ4v) is 1.83. The maximum absolute atomic E-state index is 14.0. The number of hydrogen-bond acceptors (Lipinski definition) is 0. The van der Waals surface area contributed by atoms with Crippen LogP contribution in [0.1, 0.15) is 17.3 Å². The summed E-state index contributed by atoms with van der Waals surface area (Å²) in [4.78, 5) is 0. The fourth-order valence-electron chi connectivity index (χ4n) is 1.83. The molecule has 0 spiro atoms. The highest BCUT2D eigenvalue weighted by molar-refractivity contribution is 5.36. The molecule has 0 radical (unpaired) electrons. The minimum Gasteiger partial charge on any atom is -0.237 e. The van der Waals surface area contributed by atoms with Gasteiger partial charge in [-0.25, -0.2) is 48.3 Å². The van der Waals surface area contributed by atoms with Gasteiger partial charge in [0.25, 0.3) is 0 Å². The Kier molecular flexibility index (Phi) is 4.46. The molecule has 0 fully saturated rings. The van der Waals surface area contributed by atoms with E-state index in [2.05, 4.69) is 0 Å². The Morgan fingerprint density at radius 1 is 0.333 bits per heavy atom. The summed E-state index contributed by atoms with van der Waals surface area (Å²) in [5.41, 5.74) is -4.79. The fraction of sp³-hybridized carbons (Fsp3) is 0.0769. The van der Waals surface area contributed by atoms with Gasteiger partial charge >= 0.3 is 0 Å². The lowest BCUT2D eigenvalue weighted by Gasteiger charge is -2.15. The molecule has 0 aliphatic carbocycles. The molecule has 0 saturated carbocycles. The van der Waals surface area contributed by atoms with Crippen molar-refractivity contribution in [3.8, 4) is 0 Å². The van der Waals surface area contributed by atoms with Crippen molar-refractivity contribution in [1.29, 1.82) is 0 Å². The highest BCUT2D eigenvalue weighted by atomic mass is 19.2. The van der Waals surface area contributed by atoms with Gasteiger partial charge in [-0.1, -0.05) is 0 Å². The van der Waals surface area contributed by atoms with Gasteiger partial charge in [0, 0.05) is 0 Å². The molecule has 0 saturated heterocycles. The van der Waals surface area contributed by atoms with Crippen LogP contribution in [0.3, 0.4) is 0 Å². The minimum absolute atomic E-state index is 2.39. The van der Waals surface area contributed by atoms with Crippen molar-refractivity contribution in [3.63, 3.8) is 0 Å². The summed E-state index contributed by atoms with van der Waals surface area (Å²) < 4.78 is 145. The van der Waals surface area contributed by atoms with Crippen LogP contribution in [0.2, 0.25) is 0 Å². The van der Waals surface area contributed by atoms with Gasteiger partial charge in [0.1, 0.15) is 0 Å². The maximum atomic E-state index is 14.0. The average molecular weight is 366 g/mol. The Hall–Kier alpha value is -2.33. The number of rotatable bonds is 2. The first-order valence-electron chi connectivity index (χ1n) is 5.69. The third-order valence-corrected chi connectivity index (χ3v) is 2.99. The van der Waals surface area contributed by atoms with Crippen molar-refractivity contribution < 1.29 is 48.3 Å². The van der Waals surface area contributed by atoms with Gasteiger partial charge in [0.2, 0.25) is 11.6 Å². The molecule has 0 N–H and O–H groups in total. The van der Waals surface area contributed by atoms with E-state index in [1.807, 2.05) is 0 Å². The van der Waals surface area contributed by atoms with Crippen molar-refractivity contribution in [2.24, 2.45) is 0 Å². The Balaban J connectivity index is 2.84. The molecule has 0 unspecified atom stereocenters. The van der Waals surface area contributed by atoms with Crippen LogP contribution >= 0.6 is 0 Å². The molecular weight excluding hydrogens is 365 g/mol. The zero-order chi connectivity index (χ0) is 18.5. The second kappa shape index (κ2) is 5.95. The Morgan fingerprint density at radius 2 is 0.500 bits per heavy atom. The van der Waals surface area contributed by atoms with Crippen LogP contribution in [-0.2, 0) is 0 Å². The molecule has 0 aliphatic heterocycles. The van der Waals surface area contributed by atoms with Crippen molar-refractivity contribution in [2.45, 2.75) is 6.17 Å². The van der Waals surface area contributed by atoms with E-state index >= 15 is 0 Å². The Morgan fingerprint density at radius 3 is 0.708 bits per heavy atom. The number of benzene rings is 2. The van der Waals surface area contributed by atoms with Crippen LogP contribution in [0.25, 0.3) is 0 Å². The first-order chi connectivity index (χ1) is 11.0. The van der Waals surface area contributed by atoms with Gasteiger partial charge in [0.15, 0.2) is 52.7 Å². The third-order valence-electron chi connectivity index (χ3n) is 2.99.